The average molecular weight is 466 g/mol. The highest BCUT2D eigenvalue weighted by atomic mass is 35.5. The monoisotopic (exact) mass is 465 g/mol. The van der Waals surface area contributed by atoms with Gasteiger partial charge in [0.2, 0.25) is 5.89 Å². The van der Waals surface area contributed by atoms with Crippen molar-refractivity contribution in [1.82, 2.24) is 10.3 Å². The lowest BCUT2D eigenvalue weighted by Crippen LogP contribution is -2.34. The van der Waals surface area contributed by atoms with Crippen LogP contribution in [-0.2, 0) is 0 Å². The number of thiocarbonyl (C=S) groups is 1. The van der Waals surface area contributed by atoms with E-state index in [1.165, 1.54) is 0 Å². The second-order valence-corrected chi connectivity index (χ2v) is 7.84. The minimum atomic E-state index is -0.314. The molecule has 0 radical (unpaired) electrons. The summed E-state index contributed by atoms with van der Waals surface area (Å²) in [5, 5.41) is 6.48. The first-order chi connectivity index (χ1) is 15.5. The van der Waals surface area contributed by atoms with Crippen LogP contribution in [0.15, 0.2) is 71.1 Å². The van der Waals surface area contributed by atoms with E-state index in [0.717, 1.165) is 17.7 Å². The SMILES string of the molecule is CCCOc1cccc(C(=O)NC(=S)Nc2ccc(-c3nc4cc(Cl)ccc4o3)cc2)c1. The van der Waals surface area contributed by atoms with Gasteiger partial charge in [-0.2, -0.15) is 0 Å². The lowest BCUT2D eigenvalue weighted by atomic mass is 10.2. The van der Waals surface area contributed by atoms with Gasteiger partial charge in [-0.25, -0.2) is 4.98 Å². The number of aromatic nitrogens is 1. The highest BCUT2D eigenvalue weighted by Gasteiger charge is 2.11. The molecular weight excluding hydrogens is 446 g/mol. The Morgan fingerprint density at radius 3 is 2.72 bits per heavy atom. The quantitative estimate of drug-likeness (QED) is 0.337. The summed E-state index contributed by atoms with van der Waals surface area (Å²) >= 11 is 11.3. The Bertz CT molecular complexity index is 1270. The van der Waals surface area contributed by atoms with Gasteiger partial charge in [0.1, 0.15) is 11.3 Å². The molecule has 1 heterocycles. The van der Waals surface area contributed by atoms with Gasteiger partial charge in [-0.05, 0) is 79.3 Å². The number of halogens is 1. The summed E-state index contributed by atoms with van der Waals surface area (Å²) in [5.41, 5.74) is 3.36. The van der Waals surface area contributed by atoms with Gasteiger partial charge in [0.15, 0.2) is 10.7 Å². The number of ether oxygens (including phenoxy) is 1. The van der Waals surface area contributed by atoms with Crippen LogP contribution in [0.2, 0.25) is 5.02 Å². The van der Waals surface area contributed by atoms with Crippen LogP contribution in [0.4, 0.5) is 5.69 Å². The summed E-state index contributed by atoms with van der Waals surface area (Å²) in [6, 6.07) is 19.7. The molecule has 32 heavy (non-hydrogen) atoms. The van der Waals surface area contributed by atoms with Crippen LogP contribution in [0.1, 0.15) is 23.7 Å². The first kappa shape index (κ1) is 21.8. The molecule has 0 aliphatic heterocycles. The van der Waals surface area contributed by atoms with Crippen LogP contribution in [-0.4, -0.2) is 22.6 Å². The molecule has 3 aromatic carbocycles. The first-order valence-corrected chi connectivity index (χ1v) is 10.8. The Hall–Kier alpha value is -3.42. The van der Waals surface area contributed by atoms with Gasteiger partial charge in [-0.1, -0.05) is 24.6 Å². The molecule has 0 atom stereocenters. The molecule has 0 bridgehead atoms. The number of oxazole rings is 1. The van der Waals surface area contributed by atoms with Gasteiger partial charge in [-0.3, -0.25) is 10.1 Å². The molecule has 6 nitrogen and oxygen atoms in total. The summed E-state index contributed by atoms with van der Waals surface area (Å²) in [6.07, 6.45) is 0.893. The molecule has 0 aliphatic rings. The Kier molecular flexibility index (Phi) is 6.68. The fourth-order valence-electron chi connectivity index (χ4n) is 3.00. The zero-order valence-electron chi connectivity index (χ0n) is 17.2. The molecule has 2 N–H and O–H groups in total. The number of carbonyl (C=O) groups is 1. The van der Waals surface area contributed by atoms with Crippen molar-refractivity contribution < 1.29 is 13.9 Å². The van der Waals surface area contributed by atoms with Crippen molar-refractivity contribution in [3.63, 3.8) is 0 Å². The molecule has 0 fully saturated rings. The molecule has 1 amide bonds. The van der Waals surface area contributed by atoms with Crippen LogP contribution >= 0.6 is 23.8 Å². The summed E-state index contributed by atoms with van der Waals surface area (Å²) in [5.74, 6) is 0.830. The Morgan fingerprint density at radius 1 is 1.12 bits per heavy atom. The fraction of sp³-hybridized carbons (Fsp3) is 0.125. The molecule has 8 heteroatoms. The third-order valence-electron chi connectivity index (χ3n) is 4.54. The number of anilines is 1. The van der Waals surface area contributed by atoms with E-state index in [2.05, 4.69) is 15.6 Å². The highest BCUT2D eigenvalue weighted by molar-refractivity contribution is 7.80. The molecule has 162 valence electrons. The van der Waals surface area contributed by atoms with Gasteiger partial charge in [-0.15, -0.1) is 0 Å². The smallest absolute Gasteiger partial charge is 0.257 e. The summed E-state index contributed by atoms with van der Waals surface area (Å²) in [4.78, 5) is 17.0. The average Bonchev–Trinajstić information content (AvgIpc) is 3.21. The molecule has 0 aliphatic carbocycles. The van der Waals surface area contributed by atoms with Crippen LogP contribution in [0.5, 0.6) is 5.75 Å². The number of rotatable bonds is 6. The zero-order chi connectivity index (χ0) is 22.5. The summed E-state index contributed by atoms with van der Waals surface area (Å²) in [7, 11) is 0. The van der Waals surface area contributed by atoms with Crippen molar-refractivity contribution in [2.45, 2.75) is 13.3 Å². The molecule has 0 saturated carbocycles. The molecular formula is C24H20ClN3O3S. The van der Waals surface area contributed by atoms with Crippen molar-refractivity contribution in [2.75, 3.05) is 11.9 Å². The van der Waals surface area contributed by atoms with E-state index in [0.29, 0.717) is 39.9 Å². The first-order valence-electron chi connectivity index (χ1n) is 10.0. The number of amides is 1. The van der Waals surface area contributed by atoms with Crippen molar-refractivity contribution in [2.24, 2.45) is 0 Å². The van der Waals surface area contributed by atoms with E-state index in [-0.39, 0.29) is 11.0 Å². The van der Waals surface area contributed by atoms with E-state index in [1.807, 2.05) is 37.3 Å². The lowest BCUT2D eigenvalue weighted by Gasteiger charge is -2.11. The number of hydrogen-bond acceptors (Lipinski definition) is 5. The predicted molar refractivity (Wildman–Crippen MR) is 130 cm³/mol. The van der Waals surface area contributed by atoms with E-state index in [4.69, 9.17) is 33.0 Å². The van der Waals surface area contributed by atoms with Gasteiger partial charge >= 0.3 is 0 Å². The molecule has 0 spiro atoms. The second kappa shape index (κ2) is 9.80. The van der Waals surface area contributed by atoms with E-state index < -0.39 is 0 Å². The predicted octanol–water partition coefficient (Wildman–Crippen LogP) is 6.06. The van der Waals surface area contributed by atoms with Gasteiger partial charge in [0, 0.05) is 21.8 Å². The van der Waals surface area contributed by atoms with E-state index in [9.17, 15) is 4.79 Å². The minimum Gasteiger partial charge on any atom is -0.494 e. The fourth-order valence-corrected chi connectivity index (χ4v) is 3.38. The number of hydrogen-bond donors (Lipinski definition) is 2. The molecule has 1 aromatic heterocycles. The number of carbonyl (C=O) groups excluding carboxylic acids is 1. The molecule has 4 aromatic rings. The number of nitrogens with one attached hydrogen (secondary N) is 2. The maximum absolute atomic E-state index is 12.5. The number of benzene rings is 3. The van der Waals surface area contributed by atoms with Crippen molar-refractivity contribution >= 4 is 51.6 Å². The Labute approximate surface area is 195 Å². The highest BCUT2D eigenvalue weighted by Crippen LogP contribution is 2.27. The lowest BCUT2D eigenvalue weighted by molar-refractivity contribution is 0.0977. The zero-order valence-corrected chi connectivity index (χ0v) is 18.8. The third-order valence-corrected chi connectivity index (χ3v) is 4.97. The number of nitrogens with zero attached hydrogens (tertiary/aromatic N) is 1. The minimum absolute atomic E-state index is 0.194. The Morgan fingerprint density at radius 2 is 1.94 bits per heavy atom. The largest absolute Gasteiger partial charge is 0.494 e. The third kappa shape index (κ3) is 5.25. The van der Waals surface area contributed by atoms with Crippen LogP contribution < -0.4 is 15.4 Å². The van der Waals surface area contributed by atoms with Gasteiger partial charge < -0.3 is 14.5 Å². The second-order valence-electron chi connectivity index (χ2n) is 6.99. The van der Waals surface area contributed by atoms with Crippen molar-refractivity contribution in [3.05, 3.63) is 77.3 Å². The van der Waals surface area contributed by atoms with Crippen LogP contribution in [0.3, 0.4) is 0 Å². The van der Waals surface area contributed by atoms with Crippen LogP contribution in [0, 0.1) is 0 Å². The maximum Gasteiger partial charge on any atom is 0.257 e. The van der Waals surface area contributed by atoms with E-state index >= 15 is 0 Å². The Balaban J connectivity index is 1.38. The van der Waals surface area contributed by atoms with Crippen LogP contribution in [0.25, 0.3) is 22.6 Å². The summed E-state index contributed by atoms with van der Waals surface area (Å²) < 4.78 is 11.4. The van der Waals surface area contributed by atoms with Crippen molar-refractivity contribution in [1.29, 1.82) is 0 Å². The van der Waals surface area contributed by atoms with Gasteiger partial charge in [0.05, 0.1) is 6.61 Å². The van der Waals surface area contributed by atoms with Gasteiger partial charge in [0.25, 0.3) is 5.91 Å². The molecule has 4 rings (SSSR count). The summed E-state index contributed by atoms with van der Waals surface area (Å²) in [6.45, 7) is 2.62. The maximum atomic E-state index is 12.5. The number of fused-ring (bicyclic) bond motifs is 1. The van der Waals surface area contributed by atoms with E-state index in [1.54, 1.807) is 36.4 Å². The standard InChI is InChI=1S/C24H20ClN3O3S/c1-2-12-30-19-5-3-4-16(13-19)22(29)28-24(32)26-18-9-6-15(7-10-18)23-27-20-14-17(25)8-11-21(20)31-23/h3-11,13-14H,2,12H2,1H3,(H2,26,28,29,32). The topological polar surface area (TPSA) is 76.4 Å². The normalized spacial score (nSPS) is 10.7. The molecule has 0 unspecified atom stereocenters. The molecule has 0 saturated heterocycles. The van der Waals surface area contributed by atoms with Crippen molar-refractivity contribution in [3.8, 4) is 17.2 Å².